The molecule has 1 aromatic heterocycles. The van der Waals surface area contributed by atoms with E-state index in [0.29, 0.717) is 5.56 Å². The number of nitrogens with one attached hydrogen (secondary N) is 1. The van der Waals surface area contributed by atoms with Crippen LogP contribution in [0.15, 0.2) is 60.7 Å². The van der Waals surface area contributed by atoms with E-state index < -0.39 is 0 Å². The van der Waals surface area contributed by atoms with Gasteiger partial charge in [-0.05, 0) is 41.9 Å². The fraction of sp³-hybridized carbons (Fsp3) is 0.0952. The Morgan fingerprint density at radius 3 is 2.52 bits per heavy atom. The summed E-state index contributed by atoms with van der Waals surface area (Å²) in [7, 11) is 0. The summed E-state index contributed by atoms with van der Waals surface area (Å²) < 4.78 is 0. The van der Waals surface area contributed by atoms with Gasteiger partial charge < -0.3 is 4.98 Å². The third-order valence-electron chi connectivity index (χ3n) is 4.20. The Morgan fingerprint density at radius 2 is 1.65 bits per heavy atom. The quantitative estimate of drug-likeness (QED) is 0.534. The van der Waals surface area contributed by atoms with E-state index in [1.54, 1.807) is 12.1 Å². The molecule has 0 saturated heterocycles. The number of aromatic amines is 1. The minimum atomic E-state index is -0.154. The Kier molecular flexibility index (Phi) is 3.33. The number of aromatic nitrogens is 1. The fourth-order valence-corrected chi connectivity index (χ4v) is 3.04. The van der Waals surface area contributed by atoms with E-state index in [-0.39, 0.29) is 5.78 Å². The average Bonchev–Trinajstić information content (AvgIpc) is 3.04. The monoisotopic (exact) mass is 297 g/mol. The highest BCUT2D eigenvalue weighted by atomic mass is 16.1. The van der Waals surface area contributed by atoms with Gasteiger partial charge in [-0.1, -0.05) is 54.6 Å². The molecular weight excluding hydrogens is 282 g/mol. The molecule has 0 bridgehead atoms. The molecular formula is C21H15NO. The molecule has 2 aromatic carbocycles. The normalized spacial score (nSPS) is 11.8. The van der Waals surface area contributed by atoms with Crippen molar-refractivity contribution in [1.29, 1.82) is 0 Å². The maximum absolute atomic E-state index is 12.1. The molecule has 0 fully saturated rings. The summed E-state index contributed by atoms with van der Waals surface area (Å²) in [6.45, 7) is 0. The van der Waals surface area contributed by atoms with Gasteiger partial charge in [0.2, 0.25) is 5.78 Å². The number of benzene rings is 2. The molecule has 0 spiro atoms. The minimum absolute atomic E-state index is 0.154. The highest BCUT2D eigenvalue weighted by Crippen LogP contribution is 2.32. The van der Waals surface area contributed by atoms with Crippen LogP contribution in [0.5, 0.6) is 0 Å². The maximum atomic E-state index is 12.1. The molecule has 0 amide bonds. The minimum Gasteiger partial charge on any atom is -0.348 e. The zero-order valence-corrected chi connectivity index (χ0v) is 12.6. The van der Waals surface area contributed by atoms with Gasteiger partial charge in [0.25, 0.3) is 0 Å². The van der Waals surface area contributed by atoms with Crippen molar-refractivity contribution in [2.45, 2.75) is 12.8 Å². The van der Waals surface area contributed by atoms with E-state index in [1.807, 2.05) is 18.2 Å². The average molecular weight is 297 g/mol. The number of ketones is 1. The molecule has 1 heterocycles. The number of aryl methyl sites for hydroxylation is 2. The largest absolute Gasteiger partial charge is 0.348 e. The molecule has 2 nitrogen and oxygen atoms in total. The Balaban J connectivity index is 1.66. The summed E-state index contributed by atoms with van der Waals surface area (Å²) in [6.07, 6.45) is 2.06. The molecule has 0 saturated carbocycles. The summed E-state index contributed by atoms with van der Waals surface area (Å²) in [6, 6.07) is 19.7. The van der Waals surface area contributed by atoms with Crippen LogP contribution in [-0.4, -0.2) is 10.8 Å². The van der Waals surface area contributed by atoms with Crippen molar-refractivity contribution in [3.8, 4) is 23.1 Å². The lowest BCUT2D eigenvalue weighted by Gasteiger charge is -2.15. The number of hydrogen-bond donors (Lipinski definition) is 1. The van der Waals surface area contributed by atoms with Crippen molar-refractivity contribution in [1.82, 2.24) is 4.98 Å². The van der Waals surface area contributed by atoms with Gasteiger partial charge in [0.05, 0.1) is 5.69 Å². The van der Waals surface area contributed by atoms with Gasteiger partial charge in [-0.3, -0.25) is 4.79 Å². The number of rotatable bonds is 1. The first-order valence-electron chi connectivity index (χ1n) is 7.73. The lowest BCUT2D eigenvalue weighted by atomic mass is 9.90. The van der Waals surface area contributed by atoms with Crippen molar-refractivity contribution in [2.75, 3.05) is 0 Å². The Morgan fingerprint density at radius 1 is 0.913 bits per heavy atom. The van der Waals surface area contributed by atoms with Crippen molar-refractivity contribution in [2.24, 2.45) is 0 Å². The van der Waals surface area contributed by atoms with Crippen LogP contribution in [0, 0.1) is 11.8 Å². The summed E-state index contributed by atoms with van der Waals surface area (Å²) in [5.41, 5.74) is 6.46. The first kappa shape index (κ1) is 13.6. The Bertz CT molecular complexity index is 939. The van der Waals surface area contributed by atoms with E-state index in [4.69, 9.17) is 0 Å². The molecule has 0 unspecified atom stereocenters. The first-order chi connectivity index (χ1) is 11.3. The summed E-state index contributed by atoms with van der Waals surface area (Å²) in [5, 5.41) is 0. The van der Waals surface area contributed by atoms with Crippen LogP contribution in [0.1, 0.15) is 27.2 Å². The van der Waals surface area contributed by atoms with Crippen LogP contribution in [0.2, 0.25) is 0 Å². The molecule has 1 aliphatic rings. The van der Waals surface area contributed by atoms with E-state index in [1.165, 1.54) is 16.7 Å². The second-order valence-corrected chi connectivity index (χ2v) is 5.69. The maximum Gasteiger partial charge on any atom is 0.236 e. The fourth-order valence-electron chi connectivity index (χ4n) is 3.04. The van der Waals surface area contributed by atoms with E-state index >= 15 is 0 Å². The van der Waals surface area contributed by atoms with Gasteiger partial charge in [0.15, 0.2) is 0 Å². The summed E-state index contributed by atoms with van der Waals surface area (Å²) in [5.74, 6) is 5.55. The number of carbonyl (C=O) groups is 1. The molecule has 3 aromatic rings. The van der Waals surface area contributed by atoms with Gasteiger partial charge in [-0.15, -0.1) is 0 Å². The van der Waals surface area contributed by atoms with E-state index in [9.17, 15) is 4.79 Å². The Labute approximate surface area is 135 Å². The lowest BCUT2D eigenvalue weighted by molar-refractivity contribution is 0.105. The van der Waals surface area contributed by atoms with Crippen LogP contribution in [-0.2, 0) is 12.8 Å². The predicted molar refractivity (Wildman–Crippen MR) is 91.3 cm³/mol. The molecule has 0 radical (unpaired) electrons. The number of carbonyl (C=O) groups excluding carboxylic acids is 1. The SMILES string of the molecule is O=C(C#Cc1cc2c([nH]1)-c1ccccc1CC2)c1ccccc1. The molecule has 2 heteroatoms. The molecule has 1 N–H and O–H groups in total. The molecule has 1 aliphatic carbocycles. The van der Waals surface area contributed by atoms with Gasteiger partial charge >= 0.3 is 0 Å². The summed E-state index contributed by atoms with van der Waals surface area (Å²) >= 11 is 0. The molecule has 4 rings (SSSR count). The van der Waals surface area contributed by atoms with Crippen LogP contribution in [0.4, 0.5) is 0 Å². The van der Waals surface area contributed by atoms with Crippen molar-refractivity contribution < 1.29 is 4.79 Å². The third-order valence-corrected chi connectivity index (χ3v) is 4.20. The van der Waals surface area contributed by atoms with E-state index in [0.717, 1.165) is 24.2 Å². The smallest absolute Gasteiger partial charge is 0.236 e. The summed E-state index contributed by atoms with van der Waals surface area (Å²) in [4.78, 5) is 15.4. The predicted octanol–water partition coefficient (Wildman–Crippen LogP) is 4.01. The first-order valence-corrected chi connectivity index (χ1v) is 7.73. The van der Waals surface area contributed by atoms with E-state index in [2.05, 4.69) is 47.2 Å². The zero-order chi connectivity index (χ0) is 15.6. The molecule has 0 atom stereocenters. The molecule has 110 valence electrons. The standard InChI is InChI=1S/C21H15NO/c23-20(16-7-2-1-3-8-16)13-12-18-14-17-11-10-15-6-4-5-9-19(15)21(17)22-18/h1-9,14,22H,10-11H2. The van der Waals surface area contributed by atoms with Gasteiger partial charge in [0, 0.05) is 16.8 Å². The highest BCUT2D eigenvalue weighted by Gasteiger charge is 2.17. The third kappa shape index (κ3) is 2.58. The second kappa shape index (κ2) is 5.62. The van der Waals surface area contributed by atoms with Crippen LogP contribution < -0.4 is 0 Å². The van der Waals surface area contributed by atoms with Crippen molar-refractivity contribution in [3.63, 3.8) is 0 Å². The Hall–Kier alpha value is -3.05. The van der Waals surface area contributed by atoms with Crippen LogP contribution in [0.3, 0.4) is 0 Å². The van der Waals surface area contributed by atoms with Crippen LogP contribution in [0.25, 0.3) is 11.3 Å². The second-order valence-electron chi connectivity index (χ2n) is 5.69. The van der Waals surface area contributed by atoms with Gasteiger partial charge in [-0.2, -0.15) is 0 Å². The van der Waals surface area contributed by atoms with Crippen molar-refractivity contribution in [3.05, 3.63) is 83.0 Å². The number of hydrogen-bond acceptors (Lipinski definition) is 1. The van der Waals surface area contributed by atoms with Gasteiger partial charge in [0.1, 0.15) is 0 Å². The number of Topliss-reactive ketones (excluding diaryl/α,β-unsaturated/α-hetero) is 1. The number of fused-ring (bicyclic) bond motifs is 3. The van der Waals surface area contributed by atoms with Crippen molar-refractivity contribution >= 4 is 5.78 Å². The van der Waals surface area contributed by atoms with Crippen LogP contribution >= 0.6 is 0 Å². The highest BCUT2D eigenvalue weighted by molar-refractivity contribution is 6.09. The lowest BCUT2D eigenvalue weighted by Crippen LogP contribution is -2.01. The molecule has 0 aliphatic heterocycles. The zero-order valence-electron chi connectivity index (χ0n) is 12.6. The topological polar surface area (TPSA) is 32.9 Å². The van der Waals surface area contributed by atoms with Gasteiger partial charge in [-0.25, -0.2) is 0 Å². The molecule has 23 heavy (non-hydrogen) atoms. The number of H-pyrrole nitrogens is 1.